The van der Waals surface area contributed by atoms with Crippen LogP contribution < -0.4 is 4.57 Å². The van der Waals surface area contributed by atoms with Gasteiger partial charge < -0.3 is 0 Å². The highest BCUT2D eigenvalue weighted by molar-refractivity contribution is 6.30. The smallest absolute Gasteiger partial charge is 0.160 e. The van der Waals surface area contributed by atoms with Gasteiger partial charge in [-0.1, -0.05) is 29.8 Å². The highest BCUT2D eigenvalue weighted by Gasteiger charge is 2.10. The highest BCUT2D eigenvalue weighted by atomic mass is 35.5. The van der Waals surface area contributed by atoms with Gasteiger partial charge in [0, 0.05) is 34.7 Å². The Morgan fingerprint density at radius 2 is 1.65 bits per heavy atom. The second-order valence-electron chi connectivity index (χ2n) is 3.92. The van der Waals surface area contributed by atoms with Crippen molar-refractivity contribution < 1.29 is 4.57 Å². The van der Waals surface area contributed by atoms with Gasteiger partial charge >= 0.3 is 0 Å². The second kappa shape index (κ2) is 4.19. The van der Waals surface area contributed by atoms with Crippen LogP contribution in [0.25, 0.3) is 16.6 Å². The zero-order valence-corrected chi connectivity index (χ0v) is 9.93. The van der Waals surface area contributed by atoms with Crippen LogP contribution in [0.2, 0.25) is 5.02 Å². The van der Waals surface area contributed by atoms with E-state index in [0.717, 1.165) is 10.7 Å². The minimum absolute atomic E-state index is 0.753. The van der Waals surface area contributed by atoms with Crippen molar-refractivity contribution in [3.8, 4) is 5.69 Å². The Labute approximate surface area is 105 Å². The molecule has 17 heavy (non-hydrogen) atoms. The third kappa shape index (κ3) is 1.90. The lowest BCUT2D eigenvalue weighted by Crippen LogP contribution is -2.30. The van der Waals surface area contributed by atoms with Gasteiger partial charge in [0.15, 0.2) is 6.20 Å². The molecule has 0 saturated carbocycles. The molecule has 3 aromatic rings. The van der Waals surface area contributed by atoms with Crippen LogP contribution in [-0.2, 0) is 0 Å². The van der Waals surface area contributed by atoms with Crippen molar-refractivity contribution in [2.75, 3.05) is 0 Å². The van der Waals surface area contributed by atoms with E-state index < -0.39 is 0 Å². The summed E-state index contributed by atoms with van der Waals surface area (Å²) in [6.07, 6.45) is 2.05. The summed E-state index contributed by atoms with van der Waals surface area (Å²) in [4.78, 5) is 0. The summed E-state index contributed by atoms with van der Waals surface area (Å²) in [5, 5.41) is 1.97. The Hall–Kier alpha value is -1.86. The molecule has 2 aromatic carbocycles. The number of hydrogen-bond acceptors (Lipinski definition) is 0. The number of pyridine rings is 1. The molecule has 0 bridgehead atoms. The van der Waals surface area contributed by atoms with Crippen molar-refractivity contribution >= 4 is 22.5 Å². The molecule has 82 valence electrons. The first-order valence-electron chi connectivity index (χ1n) is 5.50. The molecule has 2 heteroatoms. The van der Waals surface area contributed by atoms with Crippen molar-refractivity contribution in [3.63, 3.8) is 0 Å². The van der Waals surface area contributed by atoms with Crippen molar-refractivity contribution in [1.29, 1.82) is 0 Å². The molecule has 0 radical (unpaired) electrons. The van der Waals surface area contributed by atoms with Gasteiger partial charge in [0.25, 0.3) is 0 Å². The maximum atomic E-state index is 6.03. The lowest BCUT2D eigenvalue weighted by Gasteiger charge is -2.00. The molecule has 3 rings (SSSR count). The maximum absolute atomic E-state index is 6.03. The number of benzene rings is 2. The predicted octanol–water partition coefficient (Wildman–Crippen LogP) is 3.77. The Morgan fingerprint density at radius 1 is 0.824 bits per heavy atom. The summed E-state index contributed by atoms with van der Waals surface area (Å²) in [7, 11) is 0. The molecule has 0 unspecified atom stereocenters. The minimum atomic E-state index is 0.753. The van der Waals surface area contributed by atoms with Crippen molar-refractivity contribution in [2.24, 2.45) is 0 Å². The normalized spacial score (nSPS) is 10.6. The first kappa shape index (κ1) is 10.3. The van der Waals surface area contributed by atoms with Crippen LogP contribution in [0, 0.1) is 0 Å². The lowest BCUT2D eigenvalue weighted by atomic mass is 10.2. The van der Waals surface area contributed by atoms with Gasteiger partial charge in [-0.25, -0.2) is 0 Å². The molecular weight excluding hydrogens is 230 g/mol. The third-order valence-electron chi connectivity index (χ3n) is 2.79. The molecule has 0 fully saturated rings. The summed E-state index contributed by atoms with van der Waals surface area (Å²) >= 11 is 6.03. The summed E-state index contributed by atoms with van der Waals surface area (Å²) in [5.41, 5.74) is 2.26. The average molecular weight is 241 g/mol. The number of rotatable bonds is 1. The first-order valence-corrected chi connectivity index (χ1v) is 5.88. The standard InChI is InChI=1S/C15H11ClN/c16-13-7-3-8-14(11-13)17-10-4-6-12-5-1-2-9-15(12)17/h1-11H/q+1. The van der Waals surface area contributed by atoms with Crippen molar-refractivity contribution in [2.45, 2.75) is 0 Å². The van der Waals surface area contributed by atoms with E-state index in [0.29, 0.717) is 0 Å². The third-order valence-corrected chi connectivity index (χ3v) is 3.03. The van der Waals surface area contributed by atoms with Crippen LogP contribution >= 0.6 is 11.6 Å². The van der Waals surface area contributed by atoms with E-state index in [-0.39, 0.29) is 0 Å². The molecule has 1 aromatic heterocycles. The number of nitrogens with zero attached hydrogens (tertiary/aromatic N) is 1. The van der Waals surface area contributed by atoms with E-state index in [2.05, 4.69) is 28.8 Å². The minimum Gasteiger partial charge on any atom is -0.160 e. The molecule has 0 N–H and O–H groups in total. The summed E-state index contributed by atoms with van der Waals surface area (Å²) < 4.78 is 2.14. The van der Waals surface area contributed by atoms with Crippen LogP contribution in [0.3, 0.4) is 0 Å². The van der Waals surface area contributed by atoms with Gasteiger partial charge in [-0.2, -0.15) is 4.57 Å². The summed E-state index contributed by atoms with van der Waals surface area (Å²) in [6, 6.07) is 20.3. The van der Waals surface area contributed by atoms with Crippen LogP contribution in [0.5, 0.6) is 0 Å². The van der Waals surface area contributed by atoms with Gasteiger partial charge in [0.2, 0.25) is 11.2 Å². The van der Waals surface area contributed by atoms with Gasteiger partial charge in [0.1, 0.15) is 0 Å². The predicted molar refractivity (Wildman–Crippen MR) is 70.5 cm³/mol. The number of fused-ring (bicyclic) bond motifs is 1. The van der Waals surface area contributed by atoms with Crippen molar-refractivity contribution in [3.05, 3.63) is 71.9 Å². The number of hydrogen-bond donors (Lipinski definition) is 0. The van der Waals surface area contributed by atoms with E-state index in [1.807, 2.05) is 42.6 Å². The first-order chi connectivity index (χ1) is 8.34. The largest absolute Gasteiger partial charge is 0.218 e. The second-order valence-corrected chi connectivity index (χ2v) is 4.35. The van der Waals surface area contributed by atoms with E-state index >= 15 is 0 Å². The Bertz CT molecular complexity index is 671. The fraction of sp³-hybridized carbons (Fsp3) is 0. The average Bonchev–Trinajstić information content (AvgIpc) is 2.38. The van der Waals surface area contributed by atoms with Crippen LogP contribution in [-0.4, -0.2) is 0 Å². The Morgan fingerprint density at radius 3 is 2.53 bits per heavy atom. The molecule has 0 aliphatic heterocycles. The fourth-order valence-electron chi connectivity index (χ4n) is 2.01. The lowest BCUT2D eigenvalue weighted by molar-refractivity contribution is -0.567. The Balaban J connectivity index is 2.30. The van der Waals surface area contributed by atoms with Crippen LogP contribution in [0.15, 0.2) is 66.9 Å². The van der Waals surface area contributed by atoms with Gasteiger partial charge in [-0.3, -0.25) is 0 Å². The maximum Gasteiger partial charge on any atom is 0.218 e. The number of halogens is 1. The van der Waals surface area contributed by atoms with Gasteiger partial charge in [0.05, 0.1) is 0 Å². The van der Waals surface area contributed by atoms with E-state index in [9.17, 15) is 0 Å². The molecule has 0 aliphatic rings. The number of aromatic nitrogens is 1. The molecule has 0 aliphatic carbocycles. The number of para-hydroxylation sites is 1. The fourth-order valence-corrected chi connectivity index (χ4v) is 2.20. The van der Waals surface area contributed by atoms with Crippen molar-refractivity contribution in [1.82, 2.24) is 0 Å². The zero-order chi connectivity index (χ0) is 11.7. The van der Waals surface area contributed by atoms with Crippen LogP contribution in [0.1, 0.15) is 0 Å². The molecule has 0 spiro atoms. The topological polar surface area (TPSA) is 3.88 Å². The quantitative estimate of drug-likeness (QED) is 0.570. The monoisotopic (exact) mass is 240 g/mol. The molecule has 0 saturated heterocycles. The molecular formula is C15H11ClN+. The van der Waals surface area contributed by atoms with Crippen LogP contribution in [0.4, 0.5) is 0 Å². The van der Waals surface area contributed by atoms with E-state index in [4.69, 9.17) is 11.6 Å². The SMILES string of the molecule is Clc1cccc(-[n+]2cccc3ccccc32)c1. The van der Waals surface area contributed by atoms with E-state index in [1.165, 1.54) is 10.9 Å². The molecule has 1 heterocycles. The summed E-state index contributed by atoms with van der Waals surface area (Å²) in [5.74, 6) is 0. The molecule has 0 atom stereocenters. The summed E-state index contributed by atoms with van der Waals surface area (Å²) in [6.45, 7) is 0. The molecule has 0 amide bonds. The Kier molecular flexibility index (Phi) is 2.54. The zero-order valence-electron chi connectivity index (χ0n) is 9.18. The molecule has 1 nitrogen and oxygen atoms in total. The van der Waals surface area contributed by atoms with E-state index in [1.54, 1.807) is 0 Å². The van der Waals surface area contributed by atoms with Gasteiger partial charge in [-0.05, 0) is 18.2 Å². The highest BCUT2D eigenvalue weighted by Crippen LogP contribution is 2.14. The van der Waals surface area contributed by atoms with Gasteiger partial charge in [-0.15, -0.1) is 0 Å².